The van der Waals surface area contributed by atoms with Crippen molar-refractivity contribution < 1.29 is 14.7 Å². The molecule has 0 radical (unpaired) electrons. The van der Waals surface area contributed by atoms with Gasteiger partial charge in [-0.3, -0.25) is 4.79 Å². The van der Waals surface area contributed by atoms with E-state index in [0.29, 0.717) is 5.41 Å². The molecule has 0 aromatic heterocycles. The number of amides is 1. The van der Waals surface area contributed by atoms with Crippen LogP contribution in [-0.2, 0) is 11.2 Å². The molecule has 1 aromatic carbocycles. The Bertz CT molecular complexity index is 492. The molecule has 4 heteroatoms. The molecule has 102 valence electrons. The molecular formula is C15H19NO3. The summed E-state index contributed by atoms with van der Waals surface area (Å²) in [4.78, 5) is 22.7. The minimum atomic E-state index is -0.967. The zero-order valence-electron chi connectivity index (χ0n) is 11.1. The number of hydrogen-bond acceptors (Lipinski definition) is 2. The van der Waals surface area contributed by atoms with Gasteiger partial charge in [-0.15, -0.1) is 0 Å². The fourth-order valence-electron chi connectivity index (χ4n) is 2.18. The van der Waals surface area contributed by atoms with Crippen LogP contribution in [-0.4, -0.2) is 23.5 Å². The van der Waals surface area contributed by atoms with Crippen LogP contribution in [0, 0.1) is 5.41 Å². The largest absolute Gasteiger partial charge is 0.478 e. The number of hydrogen-bond donors (Lipinski definition) is 2. The average molecular weight is 261 g/mol. The van der Waals surface area contributed by atoms with E-state index in [1.807, 2.05) is 0 Å². The van der Waals surface area contributed by atoms with E-state index < -0.39 is 5.97 Å². The number of carbonyl (C=O) groups excluding carboxylic acids is 1. The first-order chi connectivity index (χ1) is 9.04. The van der Waals surface area contributed by atoms with Crippen LogP contribution in [0.1, 0.15) is 42.1 Å². The average Bonchev–Trinajstić information content (AvgIpc) is 3.17. The molecule has 1 aliphatic rings. The third-order valence-corrected chi connectivity index (χ3v) is 3.91. The normalized spacial score (nSPS) is 15.8. The highest BCUT2D eigenvalue weighted by molar-refractivity contribution is 5.88. The first kappa shape index (κ1) is 13.6. The van der Waals surface area contributed by atoms with E-state index in [9.17, 15) is 9.59 Å². The molecule has 0 bridgehead atoms. The van der Waals surface area contributed by atoms with Gasteiger partial charge in [-0.05, 0) is 42.4 Å². The molecule has 1 fully saturated rings. The summed E-state index contributed by atoms with van der Waals surface area (Å²) in [5.74, 6) is -1.01. The van der Waals surface area contributed by atoms with Crippen molar-refractivity contribution in [3.63, 3.8) is 0 Å². The molecule has 1 amide bonds. The lowest BCUT2D eigenvalue weighted by atomic mass is 10.0. The van der Waals surface area contributed by atoms with E-state index in [1.165, 1.54) is 18.9 Å². The molecule has 1 aromatic rings. The van der Waals surface area contributed by atoms with Crippen molar-refractivity contribution in [3.05, 3.63) is 35.4 Å². The Labute approximate surface area is 112 Å². The molecule has 0 heterocycles. The Morgan fingerprint density at radius 2 is 2.11 bits per heavy atom. The van der Waals surface area contributed by atoms with E-state index in [-0.39, 0.29) is 17.9 Å². The molecule has 0 spiro atoms. The van der Waals surface area contributed by atoms with E-state index in [0.717, 1.165) is 18.5 Å². The van der Waals surface area contributed by atoms with Crippen molar-refractivity contribution in [2.45, 2.75) is 32.6 Å². The summed E-state index contributed by atoms with van der Waals surface area (Å²) in [6.07, 6.45) is 3.72. The molecule has 19 heavy (non-hydrogen) atoms. The van der Waals surface area contributed by atoms with E-state index in [4.69, 9.17) is 5.11 Å². The lowest BCUT2D eigenvalue weighted by molar-refractivity contribution is -0.120. The predicted molar refractivity (Wildman–Crippen MR) is 72.1 cm³/mol. The van der Waals surface area contributed by atoms with Crippen molar-refractivity contribution in [3.8, 4) is 0 Å². The first-order valence-electron chi connectivity index (χ1n) is 6.64. The number of carboxylic acids is 1. The Hall–Kier alpha value is -1.84. The Balaban J connectivity index is 1.88. The minimum absolute atomic E-state index is 0.0396. The fraction of sp³-hybridized carbons (Fsp3) is 0.467. The maximum Gasteiger partial charge on any atom is 0.335 e. The number of carbonyl (C=O) groups is 2. The van der Waals surface area contributed by atoms with Gasteiger partial charge in [0.2, 0.25) is 5.91 Å². The van der Waals surface area contributed by atoms with Crippen molar-refractivity contribution in [2.75, 3.05) is 6.54 Å². The Morgan fingerprint density at radius 3 is 2.68 bits per heavy atom. The lowest BCUT2D eigenvalue weighted by Crippen LogP contribution is -2.31. The van der Waals surface area contributed by atoms with Crippen LogP contribution >= 0.6 is 0 Å². The van der Waals surface area contributed by atoms with Crippen LogP contribution in [0.5, 0.6) is 0 Å². The summed E-state index contributed by atoms with van der Waals surface area (Å²) in [7, 11) is 0. The number of aromatic carboxylic acids is 1. The van der Waals surface area contributed by atoms with Crippen molar-refractivity contribution in [2.24, 2.45) is 5.41 Å². The van der Waals surface area contributed by atoms with E-state index >= 15 is 0 Å². The minimum Gasteiger partial charge on any atom is -0.478 e. The third-order valence-electron chi connectivity index (χ3n) is 3.91. The molecule has 0 aliphatic heterocycles. The van der Waals surface area contributed by atoms with Crippen LogP contribution in [0.25, 0.3) is 0 Å². The highest BCUT2D eigenvalue weighted by Gasteiger charge is 2.40. The zero-order valence-corrected chi connectivity index (χ0v) is 11.1. The van der Waals surface area contributed by atoms with Gasteiger partial charge in [0.1, 0.15) is 0 Å². The third kappa shape index (κ3) is 3.56. The number of rotatable bonds is 6. The molecule has 0 unspecified atom stereocenters. The van der Waals surface area contributed by atoms with Crippen LogP contribution in [0.4, 0.5) is 0 Å². The van der Waals surface area contributed by atoms with Crippen LogP contribution in [0.3, 0.4) is 0 Å². The molecule has 2 N–H and O–H groups in total. The lowest BCUT2D eigenvalue weighted by Gasteiger charge is -2.13. The topological polar surface area (TPSA) is 66.4 Å². The summed E-state index contributed by atoms with van der Waals surface area (Å²) in [5, 5.41) is 11.8. The van der Waals surface area contributed by atoms with Gasteiger partial charge in [-0.2, -0.15) is 0 Å². The van der Waals surface area contributed by atoms with Gasteiger partial charge in [-0.25, -0.2) is 4.79 Å². The SMILES string of the molecule is CCC1(CNC(=O)Cc2cccc(C(=O)O)c2)CC1. The van der Waals surface area contributed by atoms with Gasteiger partial charge in [0.15, 0.2) is 0 Å². The maximum absolute atomic E-state index is 11.8. The van der Waals surface area contributed by atoms with Crippen molar-refractivity contribution >= 4 is 11.9 Å². The van der Waals surface area contributed by atoms with Gasteiger partial charge < -0.3 is 10.4 Å². The van der Waals surface area contributed by atoms with Crippen LogP contribution in [0.15, 0.2) is 24.3 Å². The van der Waals surface area contributed by atoms with Crippen molar-refractivity contribution in [1.29, 1.82) is 0 Å². The van der Waals surface area contributed by atoms with Gasteiger partial charge in [0.05, 0.1) is 12.0 Å². The monoisotopic (exact) mass is 261 g/mol. The van der Waals surface area contributed by atoms with Crippen molar-refractivity contribution in [1.82, 2.24) is 5.32 Å². The molecule has 2 rings (SSSR count). The smallest absolute Gasteiger partial charge is 0.335 e. The Morgan fingerprint density at radius 1 is 1.37 bits per heavy atom. The summed E-state index contributed by atoms with van der Waals surface area (Å²) in [6.45, 7) is 2.89. The molecule has 0 saturated heterocycles. The second-order valence-corrected chi connectivity index (χ2v) is 5.31. The Kier molecular flexibility index (Phi) is 3.88. The van der Waals surface area contributed by atoms with Gasteiger partial charge in [0, 0.05) is 6.54 Å². The molecule has 1 aliphatic carbocycles. The van der Waals surface area contributed by atoms with E-state index in [2.05, 4.69) is 12.2 Å². The second-order valence-electron chi connectivity index (χ2n) is 5.31. The van der Waals surface area contributed by atoms with Gasteiger partial charge in [-0.1, -0.05) is 19.1 Å². The number of nitrogens with one attached hydrogen (secondary N) is 1. The predicted octanol–water partition coefficient (Wildman–Crippen LogP) is 2.23. The summed E-state index contributed by atoms with van der Waals surface area (Å²) >= 11 is 0. The van der Waals surface area contributed by atoms with Gasteiger partial charge >= 0.3 is 5.97 Å². The fourth-order valence-corrected chi connectivity index (χ4v) is 2.18. The van der Waals surface area contributed by atoms with E-state index in [1.54, 1.807) is 18.2 Å². The molecule has 1 saturated carbocycles. The first-order valence-corrected chi connectivity index (χ1v) is 6.64. The molecule has 4 nitrogen and oxygen atoms in total. The summed E-state index contributed by atoms with van der Waals surface area (Å²) in [6, 6.07) is 6.52. The maximum atomic E-state index is 11.8. The van der Waals surface area contributed by atoms with Crippen LogP contribution < -0.4 is 5.32 Å². The summed E-state index contributed by atoms with van der Waals surface area (Å²) < 4.78 is 0. The highest BCUT2D eigenvalue weighted by atomic mass is 16.4. The standard InChI is InChI=1S/C15H19NO3/c1-2-15(6-7-15)10-16-13(17)9-11-4-3-5-12(8-11)14(18)19/h3-5,8H,2,6-7,9-10H2,1H3,(H,16,17)(H,18,19). The molecule has 0 atom stereocenters. The molecular weight excluding hydrogens is 242 g/mol. The zero-order chi connectivity index (χ0) is 13.9. The quantitative estimate of drug-likeness (QED) is 0.825. The number of carboxylic acid groups (broad SMARTS) is 1. The summed E-state index contributed by atoms with van der Waals surface area (Å²) in [5.41, 5.74) is 1.29. The van der Waals surface area contributed by atoms with Gasteiger partial charge in [0.25, 0.3) is 0 Å². The second kappa shape index (κ2) is 5.43. The highest BCUT2D eigenvalue weighted by Crippen LogP contribution is 2.47. The number of benzene rings is 1. The van der Waals surface area contributed by atoms with Crippen LogP contribution in [0.2, 0.25) is 0 Å².